The van der Waals surface area contributed by atoms with E-state index in [0.717, 1.165) is 8.92 Å². The van der Waals surface area contributed by atoms with Crippen LogP contribution in [-0.2, 0) is 0 Å². The number of hydrogen-bond acceptors (Lipinski definition) is 4. The summed E-state index contributed by atoms with van der Waals surface area (Å²) in [5.41, 5.74) is 2.43. The van der Waals surface area contributed by atoms with Crippen molar-refractivity contribution >= 4 is 47.1 Å². The number of benzene rings is 4. The molecule has 0 saturated carbocycles. The molecule has 0 atom stereocenters. The number of methoxy groups -OCH3 is 2. The van der Waals surface area contributed by atoms with Gasteiger partial charge in [-0.25, -0.2) is 0 Å². The predicted octanol–water partition coefficient (Wildman–Crippen LogP) is 3.86. The van der Waals surface area contributed by atoms with E-state index in [4.69, 9.17) is 9.47 Å². The average molecular weight is 531 g/mol. The number of ether oxygens (including phenoxy) is 2. The molecule has 7 heteroatoms. The molecule has 0 spiro atoms. The molecule has 4 rings (SSSR count). The van der Waals surface area contributed by atoms with Crippen LogP contribution in [0, 0.1) is 0 Å². The quantitative estimate of drug-likeness (QED) is 0.339. The molecule has 0 heterocycles. The summed E-state index contributed by atoms with van der Waals surface area (Å²) in [7, 11) is 3.17. The van der Waals surface area contributed by atoms with Crippen molar-refractivity contribution in [3.05, 3.63) is 108 Å². The molecule has 0 aliphatic carbocycles. The second kappa shape index (κ2) is 11.4. The van der Waals surface area contributed by atoms with Gasteiger partial charge < -0.3 is 0 Å². The van der Waals surface area contributed by atoms with E-state index < -0.39 is 0 Å². The van der Waals surface area contributed by atoms with Gasteiger partial charge in [-0.05, 0) is 0 Å². The fourth-order valence-electron chi connectivity index (χ4n) is 3.40. The number of amides is 2. The van der Waals surface area contributed by atoms with Gasteiger partial charge in [0.15, 0.2) is 0 Å². The average Bonchev–Trinajstić information content (AvgIpc) is 2.89. The zero-order chi connectivity index (χ0) is 24.6. The molecule has 35 heavy (non-hydrogen) atoms. The van der Waals surface area contributed by atoms with E-state index in [1.54, 1.807) is 38.5 Å². The van der Waals surface area contributed by atoms with Crippen molar-refractivity contribution in [2.45, 2.75) is 0 Å². The van der Waals surface area contributed by atoms with Crippen LogP contribution in [-0.4, -0.2) is 41.0 Å². The van der Waals surface area contributed by atoms with Crippen molar-refractivity contribution in [3.63, 3.8) is 0 Å². The number of carbonyl (C=O) groups is 2. The molecule has 0 fully saturated rings. The SMILES string of the molecule is COc1cccc(NC(=O)c2ccccc2[Se]c2ccccc2C(=O)Nc2cccc(OC)c2)c1. The molecular weight excluding hydrogens is 507 g/mol. The topological polar surface area (TPSA) is 76.7 Å². The summed E-state index contributed by atoms with van der Waals surface area (Å²) in [6, 6.07) is 29.4. The van der Waals surface area contributed by atoms with Crippen LogP contribution in [0.2, 0.25) is 0 Å². The van der Waals surface area contributed by atoms with Gasteiger partial charge >= 0.3 is 211 Å². The zero-order valence-electron chi connectivity index (χ0n) is 19.3. The fraction of sp³-hybridized carbons (Fsp3) is 0.0714. The molecular formula is C28H24N2O4Se. The first-order valence-electron chi connectivity index (χ1n) is 10.8. The second-order valence-electron chi connectivity index (χ2n) is 7.47. The van der Waals surface area contributed by atoms with E-state index in [1.807, 2.05) is 72.8 Å². The Labute approximate surface area is 210 Å². The fourth-order valence-corrected chi connectivity index (χ4v) is 5.65. The van der Waals surface area contributed by atoms with Gasteiger partial charge in [0.05, 0.1) is 0 Å². The van der Waals surface area contributed by atoms with Crippen molar-refractivity contribution in [1.29, 1.82) is 0 Å². The Kier molecular flexibility index (Phi) is 7.83. The Hall–Kier alpha value is -4.06. The second-order valence-corrected chi connectivity index (χ2v) is 9.74. The third-order valence-electron chi connectivity index (χ3n) is 5.14. The van der Waals surface area contributed by atoms with Crippen molar-refractivity contribution in [2.24, 2.45) is 0 Å². The van der Waals surface area contributed by atoms with Crippen LogP contribution in [0.25, 0.3) is 0 Å². The van der Waals surface area contributed by atoms with Crippen molar-refractivity contribution in [2.75, 3.05) is 24.9 Å². The van der Waals surface area contributed by atoms with E-state index >= 15 is 0 Å². The maximum absolute atomic E-state index is 13.1. The molecule has 0 radical (unpaired) electrons. The van der Waals surface area contributed by atoms with Crippen LogP contribution in [0.4, 0.5) is 11.4 Å². The van der Waals surface area contributed by atoms with Gasteiger partial charge in [0, 0.05) is 0 Å². The molecule has 0 aliphatic heterocycles. The van der Waals surface area contributed by atoms with E-state index in [2.05, 4.69) is 10.6 Å². The molecule has 4 aromatic carbocycles. The Morgan fingerprint density at radius 1 is 0.600 bits per heavy atom. The summed E-state index contributed by atoms with van der Waals surface area (Å²) in [6.45, 7) is 0. The Morgan fingerprint density at radius 2 is 1.03 bits per heavy atom. The molecule has 176 valence electrons. The molecule has 0 aromatic heterocycles. The number of hydrogen-bond donors (Lipinski definition) is 2. The van der Waals surface area contributed by atoms with Gasteiger partial charge in [0.1, 0.15) is 0 Å². The van der Waals surface area contributed by atoms with Crippen LogP contribution in [0.3, 0.4) is 0 Å². The molecule has 2 amide bonds. The van der Waals surface area contributed by atoms with Gasteiger partial charge in [-0.3, -0.25) is 0 Å². The molecule has 2 N–H and O–H groups in total. The van der Waals surface area contributed by atoms with E-state index in [9.17, 15) is 9.59 Å². The first-order valence-corrected chi connectivity index (χ1v) is 12.6. The van der Waals surface area contributed by atoms with Gasteiger partial charge in [-0.15, -0.1) is 0 Å². The van der Waals surface area contributed by atoms with Gasteiger partial charge in [0.2, 0.25) is 0 Å². The molecule has 6 nitrogen and oxygen atoms in total. The molecule has 0 aliphatic rings. The number of nitrogens with one attached hydrogen (secondary N) is 2. The minimum absolute atomic E-state index is 0.214. The molecule has 4 aromatic rings. The van der Waals surface area contributed by atoms with Crippen LogP contribution >= 0.6 is 0 Å². The van der Waals surface area contributed by atoms with Crippen molar-refractivity contribution < 1.29 is 19.1 Å². The molecule has 0 bridgehead atoms. The summed E-state index contributed by atoms with van der Waals surface area (Å²) in [5, 5.41) is 5.88. The summed E-state index contributed by atoms with van der Waals surface area (Å²) in [4.78, 5) is 26.2. The summed E-state index contributed by atoms with van der Waals surface area (Å²) >= 11 is -0.287. The van der Waals surface area contributed by atoms with E-state index in [1.165, 1.54) is 0 Å². The van der Waals surface area contributed by atoms with Gasteiger partial charge in [0.25, 0.3) is 0 Å². The van der Waals surface area contributed by atoms with Crippen molar-refractivity contribution in [3.8, 4) is 11.5 Å². The Morgan fingerprint density at radius 3 is 1.46 bits per heavy atom. The number of carbonyl (C=O) groups excluding carboxylic acids is 2. The van der Waals surface area contributed by atoms with Crippen LogP contribution in [0.5, 0.6) is 11.5 Å². The zero-order valence-corrected chi connectivity index (χ0v) is 21.0. The third kappa shape index (κ3) is 6.09. The summed E-state index contributed by atoms with van der Waals surface area (Å²) < 4.78 is 12.2. The number of rotatable bonds is 8. The number of anilines is 2. The van der Waals surface area contributed by atoms with Crippen LogP contribution < -0.4 is 29.0 Å². The van der Waals surface area contributed by atoms with Crippen molar-refractivity contribution in [1.82, 2.24) is 0 Å². The van der Waals surface area contributed by atoms with E-state index in [0.29, 0.717) is 34.0 Å². The van der Waals surface area contributed by atoms with Gasteiger partial charge in [-0.2, -0.15) is 0 Å². The first-order chi connectivity index (χ1) is 17.1. The minimum atomic E-state index is -0.287. The third-order valence-corrected chi connectivity index (χ3v) is 7.56. The summed E-state index contributed by atoms with van der Waals surface area (Å²) in [6.07, 6.45) is 0. The maximum atomic E-state index is 13.1. The standard InChI is InChI=1S/C28H24N2O4Se/c1-33-21-11-7-9-19(17-21)29-27(31)23-13-3-5-15-25(23)35-26-16-6-4-14-24(26)28(32)30-20-10-8-12-22(18-20)34-2/h3-18H,1-2H3,(H,29,31)(H,30,32). The molecule has 0 saturated heterocycles. The van der Waals surface area contributed by atoms with Gasteiger partial charge in [-0.1, -0.05) is 0 Å². The summed E-state index contributed by atoms with van der Waals surface area (Å²) in [5.74, 6) is 0.899. The predicted molar refractivity (Wildman–Crippen MR) is 140 cm³/mol. The normalized spacial score (nSPS) is 10.3. The van der Waals surface area contributed by atoms with Crippen LogP contribution in [0.15, 0.2) is 97.1 Å². The monoisotopic (exact) mass is 532 g/mol. The van der Waals surface area contributed by atoms with E-state index in [-0.39, 0.29) is 26.8 Å². The Bertz CT molecular complexity index is 1250. The molecule has 0 unspecified atom stereocenters. The first kappa shape index (κ1) is 24.1. The van der Waals surface area contributed by atoms with Crippen LogP contribution in [0.1, 0.15) is 20.7 Å². The Balaban J connectivity index is 1.56.